The first-order valence-corrected chi connectivity index (χ1v) is 10.0. The quantitative estimate of drug-likeness (QED) is 0.479. The second-order valence-corrected chi connectivity index (χ2v) is 7.94. The van der Waals surface area contributed by atoms with Crippen LogP contribution in [0.3, 0.4) is 0 Å². The standard InChI is InChI=1S/C20H21N5O2S/c1-4-10(2)15(17-23-12-7-5-6-8-13(12)24-17)25-19(27)16-11(3)14-18(26)21-9-22-20(14)28-16/h5-10,15H,4H2,1-3H3,(H,23,24)(H,25,27)(H,21,22,26)/t10-,15-/m1/s1. The molecule has 0 saturated carbocycles. The van der Waals surface area contributed by atoms with Gasteiger partial charge in [0.2, 0.25) is 0 Å². The molecule has 0 saturated heterocycles. The number of H-pyrrole nitrogens is 2. The summed E-state index contributed by atoms with van der Waals surface area (Å²) in [4.78, 5) is 41.0. The summed E-state index contributed by atoms with van der Waals surface area (Å²) in [5, 5.41) is 3.59. The van der Waals surface area contributed by atoms with Crippen LogP contribution in [0.2, 0.25) is 0 Å². The molecule has 144 valence electrons. The Morgan fingerprint density at radius 3 is 2.82 bits per heavy atom. The third-order valence-electron chi connectivity index (χ3n) is 5.14. The van der Waals surface area contributed by atoms with E-state index in [1.807, 2.05) is 24.3 Å². The monoisotopic (exact) mass is 395 g/mol. The van der Waals surface area contributed by atoms with Crippen molar-refractivity contribution < 1.29 is 4.79 Å². The van der Waals surface area contributed by atoms with E-state index in [2.05, 4.69) is 39.1 Å². The molecule has 7 nitrogen and oxygen atoms in total. The fraction of sp³-hybridized carbons (Fsp3) is 0.300. The van der Waals surface area contributed by atoms with Gasteiger partial charge in [0.25, 0.3) is 11.5 Å². The summed E-state index contributed by atoms with van der Waals surface area (Å²) in [6.45, 7) is 5.95. The second-order valence-electron chi connectivity index (χ2n) is 6.94. The summed E-state index contributed by atoms with van der Waals surface area (Å²) in [5.74, 6) is 0.699. The molecule has 0 spiro atoms. The number of thiophene rings is 1. The van der Waals surface area contributed by atoms with Crippen LogP contribution in [0.25, 0.3) is 21.3 Å². The number of nitrogens with zero attached hydrogens (tertiary/aromatic N) is 2. The fourth-order valence-corrected chi connectivity index (χ4v) is 4.39. The summed E-state index contributed by atoms with van der Waals surface area (Å²) < 4.78 is 0. The number of aromatic nitrogens is 4. The smallest absolute Gasteiger partial charge is 0.262 e. The second kappa shape index (κ2) is 7.20. The van der Waals surface area contributed by atoms with Crippen molar-refractivity contribution in [3.63, 3.8) is 0 Å². The van der Waals surface area contributed by atoms with Crippen molar-refractivity contribution in [1.82, 2.24) is 25.3 Å². The molecule has 3 heterocycles. The van der Waals surface area contributed by atoms with E-state index in [1.54, 1.807) is 6.92 Å². The number of imidazole rings is 1. The van der Waals surface area contributed by atoms with E-state index in [1.165, 1.54) is 17.7 Å². The van der Waals surface area contributed by atoms with Crippen molar-refractivity contribution in [3.8, 4) is 0 Å². The molecule has 4 rings (SSSR count). The highest BCUT2D eigenvalue weighted by molar-refractivity contribution is 7.20. The topological polar surface area (TPSA) is 104 Å². The largest absolute Gasteiger partial charge is 0.341 e. The Labute approximate surface area is 165 Å². The van der Waals surface area contributed by atoms with Crippen LogP contribution >= 0.6 is 11.3 Å². The van der Waals surface area contributed by atoms with Crippen LogP contribution in [0.5, 0.6) is 0 Å². The zero-order chi connectivity index (χ0) is 19.8. The Bertz CT molecular complexity index is 1190. The SMILES string of the molecule is CC[C@@H](C)[C@@H](NC(=O)c1sc2nc[nH]c(=O)c2c1C)c1nc2ccccc2[nH]1. The number of nitrogens with one attached hydrogen (secondary N) is 3. The number of carbonyl (C=O) groups is 1. The van der Waals surface area contributed by atoms with E-state index < -0.39 is 0 Å². The Morgan fingerprint density at radius 1 is 1.32 bits per heavy atom. The molecule has 3 N–H and O–H groups in total. The summed E-state index contributed by atoms with van der Waals surface area (Å²) >= 11 is 1.23. The van der Waals surface area contributed by atoms with Crippen LogP contribution in [0.4, 0.5) is 0 Å². The average molecular weight is 395 g/mol. The number of amides is 1. The first-order valence-electron chi connectivity index (χ1n) is 9.21. The highest BCUT2D eigenvalue weighted by Gasteiger charge is 2.26. The number of hydrogen-bond donors (Lipinski definition) is 3. The van der Waals surface area contributed by atoms with E-state index in [0.717, 1.165) is 23.3 Å². The Balaban J connectivity index is 1.71. The minimum Gasteiger partial charge on any atom is -0.341 e. The van der Waals surface area contributed by atoms with Gasteiger partial charge in [-0.1, -0.05) is 32.4 Å². The van der Waals surface area contributed by atoms with Gasteiger partial charge in [0.05, 0.1) is 33.7 Å². The first kappa shape index (κ1) is 18.4. The Kier molecular flexibility index (Phi) is 4.72. The normalized spacial score (nSPS) is 13.7. The number of carbonyl (C=O) groups excluding carboxylic acids is 1. The molecule has 2 atom stereocenters. The predicted octanol–water partition coefficient (Wildman–Crippen LogP) is 3.69. The molecular formula is C20H21N5O2S. The third-order valence-corrected chi connectivity index (χ3v) is 6.34. The molecule has 0 radical (unpaired) electrons. The molecule has 0 aliphatic rings. The van der Waals surface area contributed by atoms with Crippen molar-refractivity contribution >= 4 is 38.5 Å². The van der Waals surface area contributed by atoms with Gasteiger partial charge in [0, 0.05) is 0 Å². The van der Waals surface area contributed by atoms with Crippen molar-refractivity contribution in [1.29, 1.82) is 0 Å². The minimum atomic E-state index is -0.263. The molecule has 8 heteroatoms. The molecule has 3 aromatic heterocycles. The summed E-state index contributed by atoms with van der Waals surface area (Å²) in [7, 11) is 0. The van der Waals surface area contributed by atoms with Crippen LogP contribution in [-0.2, 0) is 0 Å². The molecule has 0 fully saturated rings. The van der Waals surface area contributed by atoms with Crippen LogP contribution in [-0.4, -0.2) is 25.8 Å². The van der Waals surface area contributed by atoms with Crippen LogP contribution < -0.4 is 10.9 Å². The highest BCUT2D eigenvalue weighted by atomic mass is 32.1. The van der Waals surface area contributed by atoms with Crippen LogP contribution in [0.15, 0.2) is 35.4 Å². The zero-order valence-corrected chi connectivity index (χ0v) is 16.7. The van der Waals surface area contributed by atoms with Gasteiger partial charge in [0.15, 0.2) is 0 Å². The van der Waals surface area contributed by atoms with Crippen molar-refractivity contribution in [2.75, 3.05) is 0 Å². The molecule has 0 unspecified atom stereocenters. The van der Waals surface area contributed by atoms with Gasteiger partial charge in [-0.2, -0.15) is 0 Å². The maximum absolute atomic E-state index is 13.1. The lowest BCUT2D eigenvalue weighted by molar-refractivity contribution is 0.0924. The van der Waals surface area contributed by atoms with Crippen molar-refractivity contribution in [2.45, 2.75) is 33.2 Å². The van der Waals surface area contributed by atoms with E-state index in [0.29, 0.717) is 20.7 Å². The van der Waals surface area contributed by atoms with Crippen LogP contribution in [0.1, 0.15) is 47.4 Å². The molecular weight excluding hydrogens is 374 g/mol. The number of aryl methyl sites for hydroxylation is 1. The molecule has 28 heavy (non-hydrogen) atoms. The van der Waals surface area contributed by atoms with Gasteiger partial charge < -0.3 is 15.3 Å². The average Bonchev–Trinajstić information content (AvgIpc) is 3.27. The molecule has 0 bridgehead atoms. The minimum absolute atomic E-state index is 0.181. The third kappa shape index (κ3) is 3.09. The van der Waals surface area contributed by atoms with E-state index in [4.69, 9.17) is 0 Å². The molecule has 1 amide bonds. The number of hydrogen-bond acceptors (Lipinski definition) is 5. The van der Waals surface area contributed by atoms with Gasteiger partial charge in [-0.15, -0.1) is 11.3 Å². The highest BCUT2D eigenvalue weighted by Crippen LogP contribution is 2.29. The van der Waals surface area contributed by atoms with E-state index in [-0.39, 0.29) is 23.4 Å². The zero-order valence-electron chi connectivity index (χ0n) is 15.9. The summed E-state index contributed by atoms with van der Waals surface area (Å²) in [5.41, 5.74) is 2.23. The number of aromatic amines is 2. The van der Waals surface area contributed by atoms with Crippen molar-refractivity contribution in [2.24, 2.45) is 5.92 Å². The van der Waals surface area contributed by atoms with Crippen molar-refractivity contribution in [3.05, 3.63) is 57.2 Å². The summed E-state index contributed by atoms with van der Waals surface area (Å²) in [6.07, 6.45) is 2.24. The first-order chi connectivity index (χ1) is 13.5. The predicted molar refractivity (Wildman–Crippen MR) is 111 cm³/mol. The molecule has 0 aliphatic heterocycles. The van der Waals surface area contributed by atoms with E-state index >= 15 is 0 Å². The number of rotatable bonds is 5. The lowest BCUT2D eigenvalue weighted by atomic mass is 9.98. The van der Waals surface area contributed by atoms with E-state index in [9.17, 15) is 9.59 Å². The van der Waals surface area contributed by atoms with Gasteiger partial charge in [-0.3, -0.25) is 9.59 Å². The summed E-state index contributed by atoms with van der Waals surface area (Å²) in [6, 6.07) is 7.54. The lowest BCUT2D eigenvalue weighted by Gasteiger charge is -2.22. The Hall–Kier alpha value is -3.00. The fourth-order valence-electron chi connectivity index (χ4n) is 3.34. The Morgan fingerprint density at radius 2 is 2.11 bits per heavy atom. The number of benzene rings is 1. The number of fused-ring (bicyclic) bond motifs is 2. The molecule has 0 aliphatic carbocycles. The van der Waals surface area contributed by atoms with Crippen LogP contribution in [0, 0.1) is 12.8 Å². The molecule has 1 aromatic carbocycles. The van der Waals surface area contributed by atoms with Gasteiger partial charge in [-0.25, -0.2) is 9.97 Å². The number of para-hydroxylation sites is 2. The molecule has 4 aromatic rings. The maximum atomic E-state index is 13.1. The van der Waals surface area contributed by atoms with Gasteiger partial charge >= 0.3 is 0 Å². The van der Waals surface area contributed by atoms with Gasteiger partial charge in [0.1, 0.15) is 10.7 Å². The van der Waals surface area contributed by atoms with Gasteiger partial charge in [-0.05, 0) is 30.5 Å². The maximum Gasteiger partial charge on any atom is 0.262 e. The lowest BCUT2D eigenvalue weighted by Crippen LogP contribution is -2.33.